The van der Waals surface area contributed by atoms with Gasteiger partial charge in [0.15, 0.2) is 0 Å². The number of fused-ring (bicyclic) bond motifs is 5. The van der Waals surface area contributed by atoms with Gasteiger partial charge >= 0.3 is 0 Å². The Morgan fingerprint density at radius 3 is 2.74 bits per heavy atom. The number of aromatic nitrogens is 2. The fraction of sp³-hybridized carbons (Fsp3) is 0.667. The first-order valence-electron chi connectivity index (χ1n) is 10.8. The lowest BCUT2D eigenvalue weighted by molar-refractivity contribution is -0.0298. The van der Waals surface area contributed by atoms with Crippen molar-refractivity contribution in [3.63, 3.8) is 0 Å². The van der Waals surface area contributed by atoms with Gasteiger partial charge in [-0.3, -0.25) is 0 Å². The standard InChI is InChI=1S/C24H32N2O/c1-23-10-7-19(27)14-17(23)3-5-20-21-6-4-16(13-18-9-12-25-15-26-18)24(21,2)11-8-22(20)23/h3-4,9,12,15,19-22,27H,5-8,10-11,13-14H2,1-2H3/t19-,20-,21-,22-,23-,24+/m0/s1. The molecule has 27 heavy (non-hydrogen) atoms. The van der Waals surface area contributed by atoms with E-state index < -0.39 is 0 Å². The third-order valence-corrected chi connectivity index (χ3v) is 8.83. The largest absolute Gasteiger partial charge is 0.393 e. The van der Waals surface area contributed by atoms with Crippen molar-refractivity contribution in [3.05, 3.63) is 47.6 Å². The minimum Gasteiger partial charge on any atom is -0.393 e. The van der Waals surface area contributed by atoms with Gasteiger partial charge in [0.1, 0.15) is 6.33 Å². The van der Waals surface area contributed by atoms with Gasteiger partial charge in [0.2, 0.25) is 0 Å². The van der Waals surface area contributed by atoms with E-state index in [0.29, 0.717) is 10.8 Å². The highest BCUT2D eigenvalue weighted by atomic mass is 16.3. The summed E-state index contributed by atoms with van der Waals surface area (Å²) in [6.07, 6.45) is 17.6. The molecule has 0 aromatic carbocycles. The van der Waals surface area contributed by atoms with Gasteiger partial charge in [0.25, 0.3) is 0 Å². The molecule has 0 unspecified atom stereocenters. The molecule has 1 aromatic heterocycles. The number of aliphatic hydroxyl groups excluding tert-OH is 1. The zero-order valence-electron chi connectivity index (χ0n) is 16.7. The first-order valence-corrected chi connectivity index (χ1v) is 10.8. The van der Waals surface area contributed by atoms with Crippen LogP contribution >= 0.6 is 0 Å². The second-order valence-corrected chi connectivity index (χ2v) is 9.95. The van der Waals surface area contributed by atoms with Crippen LogP contribution in [0.25, 0.3) is 0 Å². The van der Waals surface area contributed by atoms with Crippen LogP contribution < -0.4 is 0 Å². The van der Waals surface area contributed by atoms with Gasteiger partial charge in [-0.1, -0.05) is 37.1 Å². The predicted molar refractivity (Wildman–Crippen MR) is 107 cm³/mol. The highest BCUT2D eigenvalue weighted by Gasteiger charge is 2.56. The molecule has 0 saturated heterocycles. The molecule has 3 heteroatoms. The van der Waals surface area contributed by atoms with Gasteiger partial charge in [0.05, 0.1) is 6.10 Å². The molecule has 3 nitrogen and oxygen atoms in total. The van der Waals surface area contributed by atoms with E-state index in [2.05, 4.69) is 42.0 Å². The lowest BCUT2D eigenvalue weighted by atomic mass is 9.47. The molecule has 1 aromatic rings. The molecule has 0 spiro atoms. The first-order chi connectivity index (χ1) is 13.0. The molecule has 1 heterocycles. The van der Waals surface area contributed by atoms with Crippen LogP contribution in [0.3, 0.4) is 0 Å². The average Bonchev–Trinajstić information content (AvgIpc) is 3.00. The van der Waals surface area contributed by atoms with Crippen molar-refractivity contribution in [2.45, 2.75) is 71.3 Å². The second kappa shape index (κ2) is 6.27. The molecule has 6 atom stereocenters. The van der Waals surface area contributed by atoms with Crippen LogP contribution in [0, 0.1) is 28.6 Å². The van der Waals surface area contributed by atoms with E-state index >= 15 is 0 Å². The molecule has 0 radical (unpaired) electrons. The van der Waals surface area contributed by atoms with E-state index in [0.717, 1.165) is 42.7 Å². The van der Waals surface area contributed by atoms with Crippen LogP contribution in [0.2, 0.25) is 0 Å². The summed E-state index contributed by atoms with van der Waals surface area (Å²) in [5.41, 5.74) is 5.00. The zero-order chi connectivity index (χ0) is 18.6. The van der Waals surface area contributed by atoms with Crippen LogP contribution in [-0.4, -0.2) is 21.2 Å². The van der Waals surface area contributed by atoms with Crippen molar-refractivity contribution in [2.24, 2.45) is 28.6 Å². The number of aliphatic hydroxyl groups is 1. The molecule has 2 saturated carbocycles. The summed E-state index contributed by atoms with van der Waals surface area (Å²) in [7, 11) is 0. The average molecular weight is 365 g/mol. The zero-order valence-corrected chi connectivity index (χ0v) is 16.7. The molecule has 4 aliphatic rings. The van der Waals surface area contributed by atoms with E-state index in [4.69, 9.17) is 0 Å². The highest BCUT2D eigenvalue weighted by Crippen LogP contribution is 2.65. The monoisotopic (exact) mass is 364 g/mol. The van der Waals surface area contributed by atoms with Crippen molar-refractivity contribution in [1.29, 1.82) is 0 Å². The summed E-state index contributed by atoms with van der Waals surface area (Å²) < 4.78 is 0. The molecule has 2 fully saturated rings. The Kier molecular flexibility index (Phi) is 4.09. The van der Waals surface area contributed by atoms with E-state index in [1.165, 1.54) is 32.1 Å². The minimum atomic E-state index is -0.109. The molecule has 0 aliphatic heterocycles. The third kappa shape index (κ3) is 2.65. The molecular formula is C24H32N2O. The van der Waals surface area contributed by atoms with Gasteiger partial charge in [-0.15, -0.1) is 0 Å². The Bertz CT molecular complexity index is 785. The SMILES string of the molecule is C[C@]12CC[C@H](O)CC1=CC[C@@H]1[C@@H]2CC[C@]2(C)C(Cc3ccncn3)=CC[C@@H]12. The van der Waals surface area contributed by atoms with Gasteiger partial charge in [-0.05, 0) is 79.6 Å². The summed E-state index contributed by atoms with van der Waals surface area (Å²) in [6, 6.07) is 2.06. The van der Waals surface area contributed by atoms with E-state index in [-0.39, 0.29) is 6.10 Å². The van der Waals surface area contributed by atoms with Crippen LogP contribution in [0.4, 0.5) is 0 Å². The summed E-state index contributed by atoms with van der Waals surface area (Å²) in [5, 5.41) is 10.2. The molecule has 5 rings (SSSR count). The Balaban J connectivity index is 1.41. The van der Waals surface area contributed by atoms with Gasteiger partial charge in [0, 0.05) is 18.3 Å². The van der Waals surface area contributed by atoms with Crippen LogP contribution in [0.5, 0.6) is 0 Å². The summed E-state index contributed by atoms with van der Waals surface area (Å²) in [4.78, 5) is 8.55. The minimum absolute atomic E-state index is 0.109. The van der Waals surface area contributed by atoms with Crippen LogP contribution in [-0.2, 0) is 6.42 Å². The smallest absolute Gasteiger partial charge is 0.115 e. The van der Waals surface area contributed by atoms with Crippen molar-refractivity contribution >= 4 is 0 Å². The molecule has 144 valence electrons. The maximum atomic E-state index is 10.2. The number of hydrogen-bond acceptors (Lipinski definition) is 3. The maximum Gasteiger partial charge on any atom is 0.115 e. The van der Waals surface area contributed by atoms with Gasteiger partial charge in [-0.2, -0.15) is 0 Å². The number of nitrogens with zero attached hydrogens (tertiary/aromatic N) is 2. The van der Waals surface area contributed by atoms with Crippen molar-refractivity contribution in [1.82, 2.24) is 9.97 Å². The first kappa shape index (κ1) is 17.6. The quantitative estimate of drug-likeness (QED) is 0.761. The Morgan fingerprint density at radius 1 is 1.07 bits per heavy atom. The van der Waals surface area contributed by atoms with E-state index in [9.17, 15) is 5.11 Å². The molecule has 0 bridgehead atoms. The number of hydrogen-bond donors (Lipinski definition) is 1. The molecule has 4 aliphatic carbocycles. The summed E-state index contributed by atoms with van der Waals surface area (Å²) in [6.45, 7) is 5.04. The second-order valence-electron chi connectivity index (χ2n) is 9.95. The van der Waals surface area contributed by atoms with Crippen LogP contribution in [0.15, 0.2) is 41.9 Å². The summed E-state index contributed by atoms with van der Waals surface area (Å²) >= 11 is 0. The summed E-state index contributed by atoms with van der Waals surface area (Å²) in [5.74, 6) is 2.37. The van der Waals surface area contributed by atoms with Crippen molar-refractivity contribution in [2.75, 3.05) is 0 Å². The molecule has 1 N–H and O–H groups in total. The van der Waals surface area contributed by atoms with Gasteiger partial charge in [-0.25, -0.2) is 9.97 Å². The topological polar surface area (TPSA) is 46.0 Å². The molecule has 0 amide bonds. The number of rotatable bonds is 2. The number of allylic oxidation sites excluding steroid dienone is 3. The lowest BCUT2D eigenvalue weighted by Crippen LogP contribution is -2.50. The Hall–Kier alpha value is -1.48. The Morgan fingerprint density at radius 2 is 1.93 bits per heavy atom. The maximum absolute atomic E-state index is 10.2. The lowest BCUT2D eigenvalue weighted by Gasteiger charge is -2.57. The third-order valence-electron chi connectivity index (χ3n) is 8.83. The normalized spacial score (nSPS) is 43.2. The molecular weight excluding hydrogens is 332 g/mol. The van der Waals surface area contributed by atoms with E-state index in [1.807, 2.05) is 6.20 Å². The van der Waals surface area contributed by atoms with Crippen molar-refractivity contribution in [3.8, 4) is 0 Å². The van der Waals surface area contributed by atoms with Crippen molar-refractivity contribution < 1.29 is 5.11 Å². The fourth-order valence-electron chi connectivity index (χ4n) is 7.19. The fourth-order valence-corrected chi connectivity index (χ4v) is 7.19. The highest BCUT2D eigenvalue weighted by molar-refractivity contribution is 5.32. The van der Waals surface area contributed by atoms with Gasteiger partial charge < -0.3 is 5.11 Å². The predicted octanol–water partition coefficient (Wildman–Crippen LogP) is 4.88. The Labute approximate surface area is 163 Å². The van der Waals surface area contributed by atoms with E-state index in [1.54, 1.807) is 17.5 Å². The van der Waals surface area contributed by atoms with Crippen LogP contribution in [0.1, 0.15) is 64.5 Å².